The van der Waals surface area contributed by atoms with Gasteiger partial charge in [-0.05, 0) is 24.6 Å². The first-order chi connectivity index (χ1) is 9.68. The van der Waals surface area contributed by atoms with Crippen LogP contribution in [0.2, 0.25) is 0 Å². The van der Waals surface area contributed by atoms with Crippen LogP contribution in [0, 0.1) is 11.7 Å². The van der Waals surface area contributed by atoms with E-state index in [1.54, 1.807) is 0 Å². The Kier molecular flexibility index (Phi) is 4.63. The highest BCUT2D eigenvalue weighted by molar-refractivity contribution is 9.10. The third-order valence-electron chi connectivity index (χ3n) is 3.77. The molecule has 3 N–H and O–H groups in total. The van der Waals surface area contributed by atoms with Gasteiger partial charge in [0.25, 0.3) is 0 Å². The largest absolute Gasteiger partial charge is 0.414 e. The number of hydrogen-bond donors (Lipinski definition) is 2. The van der Waals surface area contributed by atoms with E-state index >= 15 is 0 Å². The normalized spacial score (nSPS) is 30.4. The quantitative estimate of drug-likeness (QED) is 0.785. The van der Waals surface area contributed by atoms with Gasteiger partial charge >= 0.3 is 6.18 Å². The number of benzene rings is 1. The van der Waals surface area contributed by atoms with Gasteiger partial charge in [-0.2, -0.15) is 13.2 Å². The fraction of sp³-hybridized carbons (Fsp3) is 0.538. The monoisotopic (exact) mass is 371 g/mol. The average molecular weight is 372 g/mol. The van der Waals surface area contributed by atoms with Crippen LogP contribution in [0.1, 0.15) is 12.0 Å². The van der Waals surface area contributed by atoms with Crippen LogP contribution in [-0.2, 0) is 10.3 Å². The minimum Gasteiger partial charge on any atom is -0.396 e. The lowest BCUT2D eigenvalue weighted by atomic mass is 9.75. The molecule has 3 atom stereocenters. The summed E-state index contributed by atoms with van der Waals surface area (Å²) in [5, 5.41) is 9.39. The first-order valence-electron chi connectivity index (χ1n) is 6.22. The van der Waals surface area contributed by atoms with Gasteiger partial charge in [-0.3, -0.25) is 0 Å². The second-order valence-electron chi connectivity index (χ2n) is 5.12. The molecule has 1 heterocycles. The lowest BCUT2D eigenvalue weighted by molar-refractivity contribution is -0.248. The molecule has 1 aromatic rings. The van der Waals surface area contributed by atoms with E-state index in [0.717, 1.165) is 6.07 Å². The molecule has 8 heteroatoms. The molecule has 118 valence electrons. The molecule has 1 aromatic carbocycles. The second kappa shape index (κ2) is 5.83. The van der Waals surface area contributed by atoms with Gasteiger partial charge in [-0.1, -0.05) is 15.9 Å². The van der Waals surface area contributed by atoms with E-state index in [-0.39, 0.29) is 5.56 Å². The Bertz CT molecular complexity index is 525. The van der Waals surface area contributed by atoms with Crippen LogP contribution < -0.4 is 5.73 Å². The minimum atomic E-state index is -4.54. The lowest BCUT2D eigenvalue weighted by Crippen LogP contribution is -2.57. The number of hydrogen-bond acceptors (Lipinski definition) is 3. The van der Waals surface area contributed by atoms with Crippen LogP contribution in [-0.4, -0.2) is 30.6 Å². The number of rotatable bonds is 2. The molecule has 0 aromatic heterocycles. The number of aliphatic hydroxyl groups is 1. The van der Waals surface area contributed by atoms with Crippen LogP contribution in [0.25, 0.3) is 0 Å². The maximum atomic E-state index is 14.0. The first kappa shape index (κ1) is 16.7. The SMILES string of the molecule is N[C@@]1(c2cc(Br)ccc2F)CO[C@@H](C(F)(F)F)C[C@H]1CO. The van der Waals surface area contributed by atoms with Crippen molar-refractivity contribution < 1.29 is 27.4 Å². The summed E-state index contributed by atoms with van der Waals surface area (Å²) in [5.74, 6) is -1.60. The number of halogens is 5. The van der Waals surface area contributed by atoms with Crippen molar-refractivity contribution in [1.29, 1.82) is 0 Å². The summed E-state index contributed by atoms with van der Waals surface area (Å²) < 4.78 is 57.5. The molecular formula is C13H14BrF4NO2. The van der Waals surface area contributed by atoms with Crippen molar-refractivity contribution in [2.24, 2.45) is 11.7 Å². The summed E-state index contributed by atoms with van der Waals surface area (Å²) in [6.45, 7) is -1.10. The Labute approximate surface area is 127 Å². The minimum absolute atomic E-state index is 0.0246. The van der Waals surface area contributed by atoms with E-state index in [0.29, 0.717) is 4.47 Å². The van der Waals surface area contributed by atoms with E-state index < -0.39 is 49.2 Å². The molecule has 0 bridgehead atoms. The van der Waals surface area contributed by atoms with E-state index in [2.05, 4.69) is 15.9 Å². The molecule has 1 saturated heterocycles. The Morgan fingerprint density at radius 2 is 2.10 bits per heavy atom. The summed E-state index contributed by atoms with van der Waals surface area (Å²) in [6.07, 6.45) is -7.05. The highest BCUT2D eigenvalue weighted by Crippen LogP contribution is 2.41. The maximum absolute atomic E-state index is 14.0. The second-order valence-corrected chi connectivity index (χ2v) is 6.04. The molecule has 0 spiro atoms. The van der Waals surface area contributed by atoms with Gasteiger partial charge in [0, 0.05) is 22.6 Å². The summed E-state index contributed by atoms with van der Waals surface area (Å²) in [7, 11) is 0. The van der Waals surface area contributed by atoms with E-state index in [9.17, 15) is 22.7 Å². The predicted molar refractivity (Wildman–Crippen MR) is 71.0 cm³/mol. The van der Waals surface area contributed by atoms with Gasteiger partial charge in [-0.15, -0.1) is 0 Å². The Balaban J connectivity index is 2.36. The fourth-order valence-corrected chi connectivity index (χ4v) is 2.87. The predicted octanol–water partition coefficient (Wildman–Crippen LogP) is 2.70. The lowest BCUT2D eigenvalue weighted by Gasteiger charge is -2.44. The van der Waals surface area contributed by atoms with Crippen LogP contribution in [0.4, 0.5) is 17.6 Å². The van der Waals surface area contributed by atoms with Gasteiger partial charge < -0.3 is 15.6 Å². The molecule has 21 heavy (non-hydrogen) atoms. The summed E-state index contributed by atoms with van der Waals surface area (Å²) in [6, 6.07) is 4.02. The number of aliphatic hydroxyl groups excluding tert-OH is 1. The molecule has 1 aliphatic heterocycles. The molecule has 1 fully saturated rings. The van der Waals surface area contributed by atoms with Gasteiger partial charge in [0.15, 0.2) is 6.10 Å². The molecule has 0 saturated carbocycles. The Morgan fingerprint density at radius 3 is 2.67 bits per heavy atom. The van der Waals surface area contributed by atoms with Gasteiger partial charge in [-0.25, -0.2) is 4.39 Å². The van der Waals surface area contributed by atoms with Crippen molar-refractivity contribution in [3.8, 4) is 0 Å². The molecular weight excluding hydrogens is 358 g/mol. The summed E-state index contributed by atoms with van der Waals surface area (Å²) >= 11 is 3.17. The molecule has 0 radical (unpaired) electrons. The first-order valence-corrected chi connectivity index (χ1v) is 7.01. The molecule has 0 aliphatic carbocycles. The van der Waals surface area contributed by atoms with Crippen LogP contribution in [0.5, 0.6) is 0 Å². The molecule has 1 aliphatic rings. The highest BCUT2D eigenvalue weighted by Gasteiger charge is 2.51. The molecule has 3 nitrogen and oxygen atoms in total. The summed E-state index contributed by atoms with van der Waals surface area (Å²) in [5.41, 5.74) is 4.61. The van der Waals surface area contributed by atoms with E-state index in [1.165, 1.54) is 12.1 Å². The van der Waals surface area contributed by atoms with E-state index in [4.69, 9.17) is 10.5 Å². The molecule has 0 amide bonds. The average Bonchev–Trinajstić information content (AvgIpc) is 2.40. The Morgan fingerprint density at radius 1 is 1.43 bits per heavy atom. The third-order valence-corrected chi connectivity index (χ3v) is 4.26. The fourth-order valence-electron chi connectivity index (χ4n) is 2.51. The Hall–Kier alpha value is -0.700. The van der Waals surface area contributed by atoms with Crippen molar-refractivity contribution in [2.45, 2.75) is 24.2 Å². The standard InChI is InChI=1S/C13H14BrF4NO2/c14-8-1-2-10(15)9(4-8)12(19)6-21-11(13(16,17)18)3-7(12)5-20/h1-2,4,7,11,20H,3,5-6,19H2/t7-,11+,12-/m0/s1. The van der Waals surface area contributed by atoms with Crippen molar-refractivity contribution >= 4 is 15.9 Å². The van der Waals surface area contributed by atoms with Crippen molar-refractivity contribution in [1.82, 2.24) is 0 Å². The number of alkyl halides is 3. The third kappa shape index (κ3) is 3.23. The topological polar surface area (TPSA) is 55.5 Å². The number of nitrogens with two attached hydrogens (primary N) is 1. The van der Waals surface area contributed by atoms with Crippen LogP contribution in [0.15, 0.2) is 22.7 Å². The molecule has 2 rings (SSSR count). The highest BCUT2D eigenvalue weighted by atomic mass is 79.9. The zero-order chi connectivity index (χ0) is 15.8. The molecule has 0 unspecified atom stereocenters. The summed E-state index contributed by atoms with van der Waals surface area (Å²) in [4.78, 5) is 0. The van der Waals surface area contributed by atoms with Crippen molar-refractivity contribution in [3.63, 3.8) is 0 Å². The van der Waals surface area contributed by atoms with Crippen molar-refractivity contribution in [2.75, 3.05) is 13.2 Å². The van der Waals surface area contributed by atoms with Gasteiger partial charge in [0.05, 0.1) is 12.1 Å². The zero-order valence-corrected chi connectivity index (χ0v) is 12.4. The number of ether oxygens (including phenoxy) is 1. The van der Waals surface area contributed by atoms with E-state index in [1.807, 2.05) is 0 Å². The zero-order valence-electron chi connectivity index (χ0n) is 10.8. The smallest absolute Gasteiger partial charge is 0.396 e. The maximum Gasteiger partial charge on any atom is 0.414 e. The van der Waals surface area contributed by atoms with Crippen molar-refractivity contribution in [3.05, 3.63) is 34.1 Å². The van der Waals surface area contributed by atoms with Gasteiger partial charge in [0.1, 0.15) is 5.82 Å². The van der Waals surface area contributed by atoms with Crippen LogP contribution >= 0.6 is 15.9 Å². The van der Waals surface area contributed by atoms with Crippen LogP contribution in [0.3, 0.4) is 0 Å². The van der Waals surface area contributed by atoms with Gasteiger partial charge in [0.2, 0.25) is 0 Å².